The molecule has 5 heteroatoms. The lowest BCUT2D eigenvalue weighted by molar-refractivity contribution is 0.0765. The van der Waals surface area contributed by atoms with Gasteiger partial charge in [-0.15, -0.1) is 0 Å². The quantitative estimate of drug-likeness (QED) is 0.922. The van der Waals surface area contributed by atoms with Crippen LogP contribution >= 0.6 is 15.9 Å². The molecule has 1 saturated heterocycles. The zero-order chi connectivity index (χ0) is 13.8. The van der Waals surface area contributed by atoms with E-state index in [1.54, 1.807) is 0 Å². The van der Waals surface area contributed by atoms with Crippen molar-refractivity contribution in [2.24, 2.45) is 0 Å². The molecule has 0 spiro atoms. The van der Waals surface area contributed by atoms with Crippen molar-refractivity contribution >= 4 is 21.8 Å². The lowest BCUT2D eigenvalue weighted by Gasteiger charge is -2.28. The van der Waals surface area contributed by atoms with Gasteiger partial charge in [-0.1, -0.05) is 6.42 Å². The summed E-state index contributed by atoms with van der Waals surface area (Å²) in [5, 5.41) is 3.48. The van der Waals surface area contributed by atoms with Gasteiger partial charge in [0.1, 0.15) is 5.69 Å². The number of aromatic nitrogens is 1. The minimum Gasteiger partial charge on any atom is -0.343 e. The van der Waals surface area contributed by atoms with Gasteiger partial charge in [0.25, 0.3) is 5.91 Å². The molecule has 1 aliphatic heterocycles. The first-order valence-corrected chi connectivity index (χ1v) is 7.75. The maximum atomic E-state index is 12.5. The van der Waals surface area contributed by atoms with E-state index in [2.05, 4.69) is 21.2 Å². The summed E-state index contributed by atoms with van der Waals surface area (Å²) in [4.78, 5) is 14.3. The summed E-state index contributed by atoms with van der Waals surface area (Å²) in [7, 11) is 1.89. The Morgan fingerprint density at radius 3 is 3.00 bits per heavy atom. The Morgan fingerprint density at radius 1 is 1.58 bits per heavy atom. The summed E-state index contributed by atoms with van der Waals surface area (Å²) in [6.45, 7) is 4.71. The molecule has 1 N–H and O–H groups in total. The molecule has 4 nitrogen and oxygen atoms in total. The van der Waals surface area contributed by atoms with Crippen molar-refractivity contribution < 1.29 is 4.79 Å². The highest BCUT2D eigenvalue weighted by Crippen LogP contribution is 2.17. The number of likely N-dealkylation sites (N-methyl/N-ethyl adjacent to an activating group) is 1. The summed E-state index contributed by atoms with van der Waals surface area (Å²) in [6.07, 6.45) is 5.63. The highest BCUT2D eigenvalue weighted by molar-refractivity contribution is 9.10. The van der Waals surface area contributed by atoms with E-state index in [0.717, 1.165) is 36.2 Å². The van der Waals surface area contributed by atoms with E-state index >= 15 is 0 Å². The molecule has 106 valence electrons. The number of aryl methyl sites for hydroxylation is 1. The summed E-state index contributed by atoms with van der Waals surface area (Å²) in [6, 6.07) is 2.34. The number of carbonyl (C=O) groups excluding carboxylic acids is 1. The fourth-order valence-electron chi connectivity index (χ4n) is 2.60. The van der Waals surface area contributed by atoms with Gasteiger partial charge in [-0.2, -0.15) is 0 Å². The molecule has 1 aromatic rings. The number of nitrogens with zero attached hydrogens (tertiary/aromatic N) is 2. The molecule has 1 atom stereocenters. The number of halogens is 1. The number of nitrogens with one attached hydrogen (secondary N) is 1. The first kappa shape index (κ1) is 14.6. The van der Waals surface area contributed by atoms with E-state index in [-0.39, 0.29) is 5.91 Å². The molecule has 0 radical (unpaired) electrons. The molecule has 19 heavy (non-hydrogen) atoms. The SMILES string of the molecule is CCn1cc(Br)cc1C(=O)N(C)CC1CCCCN1. The van der Waals surface area contributed by atoms with Crippen LogP contribution in [0, 0.1) is 0 Å². The molecule has 0 saturated carbocycles. The molecule has 1 amide bonds. The van der Waals surface area contributed by atoms with Crippen LogP contribution in [0.1, 0.15) is 36.7 Å². The maximum Gasteiger partial charge on any atom is 0.270 e. The lowest BCUT2D eigenvalue weighted by atomic mass is 10.0. The fourth-order valence-corrected chi connectivity index (χ4v) is 3.07. The maximum absolute atomic E-state index is 12.5. The highest BCUT2D eigenvalue weighted by atomic mass is 79.9. The summed E-state index contributed by atoms with van der Waals surface area (Å²) in [5.74, 6) is 0.0972. The number of piperidine rings is 1. The monoisotopic (exact) mass is 327 g/mol. The molecule has 2 rings (SSSR count). The molecule has 1 fully saturated rings. The Labute approximate surface area is 123 Å². The lowest BCUT2D eigenvalue weighted by Crippen LogP contribution is -2.44. The van der Waals surface area contributed by atoms with Crippen molar-refractivity contribution in [1.82, 2.24) is 14.8 Å². The Balaban J connectivity index is 2.01. The zero-order valence-electron chi connectivity index (χ0n) is 11.7. The van der Waals surface area contributed by atoms with Gasteiger partial charge in [0.2, 0.25) is 0 Å². The first-order valence-electron chi connectivity index (χ1n) is 6.96. The van der Waals surface area contributed by atoms with E-state index in [0.29, 0.717) is 6.04 Å². The van der Waals surface area contributed by atoms with E-state index in [1.807, 2.05) is 35.7 Å². The predicted octanol–water partition coefficient (Wildman–Crippen LogP) is 2.48. The van der Waals surface area contributed by atoms with Gasteiger partial charge in [-0.3, -0.25) is 4.79 Å². The first-order chi connectivity index (χ1) is 9.11. The molecule has 1 aromatic heterocycles. The topological polar surface area (TPSA) is 37.3 Å². The minimum atomic E-state index is 0.0972. The number of hydrogen-bond acceptors (Lipinski definition) is 2. The third-order valence-corrected chi connectivity index (χ3v) is 4.11. The van der Waals surface area contributed by atoms with Crippen molar-refractivity contribution in [3.05, 3.63) is 22.4 Å². The Kier molecular flexibility index (Phi) is 5.05. The van der Waals surface area contributed by atoms with E-state index in [4.69, 9.17) is 0 Å². The number of carbonyl (C=O) groups is 1. The summed E-state index contributed by atoms with van der Waals surface area (Å²) in [5.41, 5.74) is 0.757. The van der Waals surface area contributed by atoms with Crippen molar-refractivity contribution in [2.45, 2.75) is 38.8 Å². The molecule has 0 bridgehead atoms. The molecular weight excluding hydrogens is 306 g/mol. The van der Waals surface area contributed by atoms with Gasteiger partial charge in [-0.05, 0) is 48.3 Å². The Bertz CT molecular complexity index is 438. The van der Waals surface area contributed by atoms with E-state index in [9.17, 15) is 4.79 Å². The standard InChI is InChI=1S/C14H22BrN3O/c1-3-18-9-11(15)8-13(18)14(19)17(2)10-12-6-4-5-7-16-12/h8-9,12,16H,3-7,10H2,1-2H3. The fraction of sp³-hybridized carbons (Fsp3) is 0.643. The highest BCUT2D eigenvalue weighted by Gasteiger charge is 2.21. The van der Waals surface area contributed by atoms with Crippen LogP contribution in [-0.4, -0.2) is 41.6 Å². The van der Waals surface area contributed by atoms with Crippen molar-refractivity contribution in [2.75, 3.05) is 20.1 Å². The van der Waals surface area contributed by atoms with Crippen LogP contribution in [0.2, 0.25) is 0 Å². The average Bonchev–Trinajstić information content (AvgIpc) is 2.80. The van der Waals surface area contributed by atoms with Crippen LogP contribution in [-0.2, 0) is 6.54 Å². The molecular formula is C14H22BrN3O. The zero-order valence-corrected chi connectivity index (χ0v) is 13.2. The average molecular weight is 328 g/mol. The third kappa shape index (κ3) is 3.60. The van der Waals surface area contributed by atoms with Gasteiger partial charge >= 0.3 is 0 Å². The second-order valence-electron chi connectivity index (χ2n) is 5.16. The number of hydrogen-bond donors (Lipinski definition) is 1. The molecule has 1 aliphatic rings. The van der Waals surface area contributed by atoms with Crippen LogP contribution < -0.4 is 5.32 Å². The van der Waals surface area contributed by atoms with Gasteiger partial charge in [0.05, 0.1) is 0 Å². The summed E-state index contributed by atoms with van der Waals surface area (Å²) >= 11 is 3.44. The van der Waals surface area contributed by atoms with Crippen molar-refractivity contribution in [1.29, 1.82) is 0 Å². The largest absolute Gasteiger partial charge is 0.343 e. The number of amides is 1. The molecule has 2 heterocycles. The van der Waals surface area contributed by atoms with Crippen molar-refractivity contribution in [3.8, 4) is 0 Å². The van der Waals surface area contributed by atoms with Gasteiger partial charge in [0.15, 0.2) is 0 Å². The van der Waals surface area contributed by atoms with Gasteiger partial charge < -0.3 is 14.8 Å². The normalized spacial score (nSPS) is 19.4. The minimum absolute atomic E-state index is 0.0972. The Morgan fingerprint density at radius 2 is 2.37 bits per heavy atom. The number of rotatable bonds is 4. The van der Waals surface area contributed by atoms with Crippen LogP contribution in [0.25, 0.3) is 0 Å². The second kappa shape index (κ2) is 6.57. The summed E-state index contributed by atoms with van der Waals surface area (Å²) < 4.78 is 2.94. The molecule has 0 aliphatic carbocycles. The second-order valence-corrected chi connectivity index (χ2v) is 6.08. The Hall–Kier alpha value is -0.810. The van der Waals surface area contributed by atoms with Gasteiger partial charge in [0, 0.05) is 36.8 Å². The van der Waals surface area contributed by atoms with Crippen LogP contribution in [0.15, 0.2) is 16.7 Å². The van der Waals surface area contributed by atoms with Gasteiger partial charge in [-0.25, -0.2) is 0 Å². The molecule has 0 aromatic carbocycles. The molecule has 1 unspecified atom stereocenters. The van der Waals surface area contributed by atoms with E-state index in [1.165, 1.54) is 12.8 Å². The van der Waals surface area contributed by atoms with Crippen LogP contribution in [0.5, 0.6) is 0 Å². The predicted molar refractivity (Wildman–Crippen MR) is 80.4 cm³/mol. The smallest absolute Gasteiger partial charge is 0.270 e. The van der Waals surface area contributed by atoms with Crippen LogP contribution in [0.3, 0.4) is 0 Å². The van der Waals surface area contributed by atoms with E-state index < -0.39 is 0 Å². The van der Waals surface area contributed by atoms with Crippen LogP contribution in [0.4, 0.5) is 0 Å². The third-order valence-electron chi connectivity index (χ3n) is 3.68. The van der Waals surface area contributed by atoms with Crippen molar-refractivity contribution in [3.63, 3.8) is 0 Å².